The molecule has 0 saturated heterocycles. The van der Waals surface area contributed by atoms with E-state index >= 15 is 0 Å². The molecule has 1 aliphatic rings. The molecule has 1 rings (SSSR count). The van der Waals surface area contributed by atoms with Crippen molar-refractivity contribution in [2.75, 3.05) is 13.7 Å². The van der Waals surface area contributed by atoms with Gasteiger partial charge in [-0.05, 0) is 19.8 Å². The molecule has 0 radical (unpaired) electrons. The van der Waals surface area contributed by atoms with Gasteiger partial charge in [0.15, 0.2) is 0 Å². The minimum Gasteiger partial charge on any atom is -0.468 e. The van der Waals surface area contributed by atoms with Crippen molar-refractivity contribution in [3.63, 3.8) is 0 Å². The number of methoxy groups -OCH3 is 1. The second-order valence-corrected chi connectivity index (χ2v) is 4.53. The van der Waals surface area contributed by atoms with Crippen molar-refractivity contribution in [1.29, 1.82) is 0 Å². The first-order valence-corrected chi connectivity index (χ1v) is 6.24. The summed E-state index contributed by atoms with van der Waals surface area (Å²) in [5, 5.41) is 5.81. The molecule has 0 heterocycles. The van der Waals surface area contributed by atoms with Crippen LogP contribution in [0.1, 0.15) is 39.0 Å². The number of hydrogen-bond acceptors (Lipinski definition) is 4. The van der Waals surface area contributed by atoms with Gasteiger partial charge in [0, 0.05) is 6.04 Å². The molecule has 1 unspecified atom stereocenters. The van der Waals surface area contributed by atoms with Crippen molar-refractivity contribution >= 4 is 11.9 Å². The zero-order valence-corrected chi connectivity index (χ0v) is 10.6. The lowest BCUT2D eigenvalue weighted by atomic mass is 9.95. The van der Waals surface area contributed by atoms with Gasteiger partial charge < -0.3 is 10.1 Å². The molecule has 0 aromatic rings. The molecule has 0 spiro atoms. The molecule has 0 bridgehead atoms. The average molecular weight is 242 g/mol. The predicted molar refractivity (Wildman–Crippen MR) is 64.5 cm³/mol. The number of ether oxygens (including phenoxy) is 1. The van der Waals surface area contributed by atoms with E-state index in [1.807, 2.05) is 0 Å². The van der Waals surface area contributed by atoms with Gasteiger partial charge in [-0.25, -0.2) is 0 Å². The topological polar surface area (TPSA) is 67.4 Å². The largest absolute Gasteiger partial charge is 0.468 e. The minimum absolute atomic E-state index is 0.0485. The Bertz CT molecular complexity index is 262. The van der Waals surface area contributed by atoms with E-state index in [2.05, 4.69) is 15.4 Å². The Morgan fingerprint density at radius 1 is 1.29 bits per heavy atom. The monoisotopic (exact) mass is 242 g/mol. The molecule has 1 aliphatic carbocycles. The maximum absolute atomic E-state index is 11.6. The highest BCUT2D eigenvalue weighted by Crippen LogP contribution is 2.16. The van der Waals surface area contributed by atoms with Crippen LogP contribution < -0.4 is 10.6 Å². The van der Waals surface area contributed by atoms with E-state index in [1.165, 1.54) is 26.4 Å². The van der Waals surface area contributed by atoms with E-state index in [0.717, 1.165) is 12.8 Å². The molecule has 0 aromatic carbocycles. The highest BCUT2D eigenvalue weighted by Gasteiger charge is 2.17. The average Bonchev–Trinajstić information content (AvgIpc) is 2.36. The van der Waals surface area contributed by atoms with E-state index in [-0.39, 0.29) is 18.4 Å². The van der Waals surface area contributed by atoms with Gasteiger partial charge >= 0.3 is 5.97 Å². The maximum Gasteiger partial charge on any atom is 0.322 e. The summed E-state index contributed by atoms with van der Waals surface area (Å²) in [6.45, 7) is 1.84. The molecule has 17 heavy (non-hydrogen) atoms. The van der Waals surface area contributed by atoms with Gasteiger partial charge in [0.05, 0.1) is 13.7 Å². The van der Waals surface area contributed by atoms with Gasteiger partial charge in [-0.15, -0.1) is 0 Å². The van der Waals surface area contributed by atoms with Crippen molar-refractivity contribution in [1.82, 2.24) is 10.6 Å². The van der Waals surface area contributed by atoms with Crippen LogP contribution in [0, 0.1) is 0 Å². The summed E-state index contributed by atoms with van der Waals surface area (Å²) in [6, 6.07) is -0.136. The van der Waals surface area contributed by atoms with Crippen molar-refractivity contribution in [3.8, 4) is 0 Å². The number of carbonyl (C=O) groups excluding carboxylic acids is 2. The van der Waals surface area contributed by atoms with Gasteiger partial charge in [0.2, 0.25) is 5.91 Å². The number of amides is 1. The molecular formula is C12H22N2O3. The minimum atomic E-state index is -0.447. The molecule has 5 heteroatoms. The summed E-state index contributed by atoms with van der Waals surface area (Å²) in [4.78, 5) is 22.7. The third kappa shape index (κ3) is 5.17. The summed E-state index contributed by atoms with van der Waals surface area (Å²) >= 11 is 0. The third-order valence-electron chi connectivity index (χ3n) is 3.09. The Labute approximate surface area is 102 Å². The van der Waals surface area contributed by atoms with E-state index in [4.69, 9.17) is 0 Å². The van der Waals surface area contributed by atoms with Crippen LogP contribution in [-0.2, 0) is 14.3 Å². The van der Waals surface area contributed by atoms with E-state index in [9.17, 15) is 9.59 Å². The van der Waals surface area contributed by atoms with Crippen LogP contribution in [0.3, 0.4) is 0 Å². The number of esters is 1. The van der Waals surface area contributed by atoms with Gasteiger partial charge in [0.25, 0.3) is 0 Å². The predicted octanol–water partition coefficient (Wildman–Crippen LogP) is 0.586. The zero-order valence-electron chi connectivity index (χ0n) is 10.6. The first-order chi connectivity index (χ1) is 8.13. The molecule has 1 saturated carbocycles. The molecule has 1 atom stereocenters. The molecule has 2 N–H and O–H groups in total. The Balaban J connectivity index is 2.18. The van der Waals surface area contributed by atoms with E-state index in [1.54, 1.807) is 6.92 Å². The highest BCUT2D eigenvalue weighted by atomic mass is 16.5. The summed E-state index contributed by atoms with van der Waals surface area (Å²) in [5.74, 6) is -0.400. The van der Waals surface area contributed by atoms with Crippen LogP contribution >= 0.6 is 0 Å². The molecule has 1 fully saturated rings. The number of hydrogen-bond donors (Lipinski definition) is 2. The quantitative estimate of drug-likeness (QED) is 0.692. The second-order valence-electron chi connectivity index (χ2n) is 4.53. The van der Waals surface area contributed by atoms with Crippen LogP contribution in [0.4, 0.5) is 0 Å². The fourth-order valence-electron chi connectivity index (χ4n) is 2.03. The van der Waals surface area contributed by atoms with Crippen LogP contribution in [0.15, 0.2) is 0 Å². The lowest BCUT2D eigenvalue weighted by Crippen LogP contribution is -2.45. The Morgan fingerprint density at radius 3 is 2.53 bits per heavy atom. The standard InChI is InChI=1S/C12H22N2O3/c1-9(12(16)17-2)13-8-11(15)14-10-6-4-3-5-7-10/h9-10,13H,3-8H2,1-2H3,(H,14,15). The van der Waals surface area contributed by atoms with Crippen LogP contribution in [0.2, 0.25) is 0 Å². The van der Waals surface area contributed by atoms with Gasteiger partial charge in [-0.2, -0.15) is 0 Å². The Morgan fingerprint density at radius 2 is 1.94 bits per heavy atom. The summed E-state index contributed by atoms with van der Waals surface area (Å²) in [5.41, 5.74) is 0. The van der Waals surface area contributed by atoms with Crippen molar-refractivity contribution in [3.05, 3.63) is 0 Å². The smallest absolute Gasteiger partial charge is 0.322 e. The van der Waals surface area contributed by atoms with E-state index in [0.29, 0.717) is 6.04 Å². The van der Waals surface area contributed by atoms with Crippen LogP contribution in [0.25, 0.3) is 0 Å². The number of carbonyl (C=O) groups is 2. The first-order valence-electron chi connectivity index (χ1n) is 6.24. The lowest BCUT2D eigenvalue weighted by Gasteiger charge is -2.23. The van der Waals surface area contributed by atoms with Gasteiger partial charge in [-0.3, -0.25) is 14.9 Å². The van der Waals surface area contributed by atoms with Crippen molar-refractivity contribution < 1.29 is 14.3 Å². The fourth-order valence-corrected chi connectivity index (χ4v) is 2.03. The van der Waals surface area contributed by atoms with E-state index < -0.39 is 6.04 Å². The summed E-state index contributed by atoms with van der Waals surface area (Å²) in [6.07, 6.45) is 5.79. The normalized spacial score (nSPS) is 18.5. The van der Waals surface area contributed by atoms with Gasteiger partial charge in [-0.1, -0.05) is 19.3 Å². The van der Waals surface area contributed by atoms with Crippen LogP contribution in [0.5, 0.6) is 0 Å². The number of rotatable bonds is 5. The van der Waals surface area contributed by atoms with Crippen LogP contribution in [-0.4, -0.2) is 37.6 Å². The Hall–Kier alpha value is -1.10. The highest BCUT2D eigenvalue weighted by molar-refractivity contribution is 5.80. The van der Waals surface area contributed by atoms with Crippen molar-refractivity contribution in [2.24, 2.45) is 0 Å². The second kappa shape index (κ2) is 7.27. The zero-order chi connectivity index (χ0) is 12.7. The summed E-state index contributed by atoms with van der Waals surface area (Å²) < 4.78 is 4.56. The fraction of sp³-hybridized carbons (Fsp3) is 0.833. The molecular weight excluding hydrogens is 220 g/mol. The van der Waals surface area contributed by atoms with Crippen molar-refractivity contribution in [2.45, 2.75) is 51.1 Å². The first kappa shape index (κ1) is 14.0. The third-order valence-corrected chi connectivity index (χ3v) is 3.09. The number of nitrogens with one attached hydrogen (secondary N) is 2. The van der Waals surface area contributed by atoms with Gasteiger partial charge in [0.1, 0.15) is 6.04 Å². The molecule has 1 amide bonds. The molecule has 5 nitrogen and oxygen atoms in total. The maximum atomic E-state index is 11.6. The SMILES string of the molecule is COC(=O)C(C)NCC(=O)NC1CCCCC1. The molecule has 98 valence electrons. The molecule has 0 aromatic heterocycles. The Kier molecular flexibility index (Phi) is 5.97. The summed E-state index contributed by atoms with van der Waals surface area (Å²) in [7, 11) is 1.34. The lowest BCUT2D eigenvalue weighted by molar-refractivity contribution is -0.142. The molecule has 0 aliphatic heterocycles.